The van der Waals surface area contributed by atoms with E-state index in [0.29, 0.717) is 21.6 Å². The number of aliphatic hydroxyl groups is 1. The van der Waals surface area contributed by atoms with Gasteiger partial charge in [0, 0.05) is 30.0 Å². The van der Waals surface area contributed by atoms with Gasteiger partial charge in [0.05, 0.1) is 32.3 Å². The Bertz CT molecular complexity index is 3320. The van der Waals surface area contributed by atoms with Gasteiger partial charge in [0.1, 0.15) is 10.5 Å². The normalized spacial score (nSPS) is 16.1. The van der Waals surface area contributed by atoms with Gasteiger partial charge in [-0.2, -0.15) is 4.57 Å². The molecule has 1 aliphatic carbocycles. The molecule has 0 spiro atoms. The van der Waals surface area contributed by atoms with Gasteiger partial charge >= 0.3 is 0 Å². The Morgan fingerprint density at radius 2 is 1.39 bits per heavy atom. The molecule has 2 aliphatic rings. The fourth-order valence-corrected chi connectivity index (χ4v) is 10.8. The summed E-state index contributed by atoms with van der Waals surface area (Å²) in [6.07, 6.45) is 7.72. The number of ketones is 1. The van der Waals surface area contributed by atoms with Crippen LogP contribution in [-0.4, -0.2) is 17.4 Å². The summed E-state index contributed by atoms with van der Waals surface area (Å²) in [7, 11) is 0. The Kier molecular flexibility index (Phi) is 8.31. The molecule has 0 bridgehead atoms. The van der Waals surface area contributed by atoms with Crippen LogP contribution in [0.3, 0.4) is 0 Å². The molecule has 0 atom stereocenters. The van der Waals surface area contributed by atoms with Gasteiger partial charge in [-0.3, -0.25) is 14.4 Å². The van der Waals surface area contributed by atoms with Crippen molar-refractivity contribution in [2.24, 2.45) is 0 Å². The maximum absolute atomic E-state index is 13.9. The predicted octanol–water partition coefficient (Wildman–Crippen LogP) is 8.40. The highest BCUT2D eigenvalue weighted by molar-refractivity contribution is 8.03. The molecule has 1 N–H and O–H groups in total. The van der Waals surface area contributed by atoms with Crippen LogP contribution in [0.25, 0.3) is 54.2 Å². The second-order valence-corrected chi connectivity index (χ2v) is 16.8. The van der Waals surface area contributed by atoms with Crippen LogP contribution < -0.4 is 30.8 Å². The molecule has 0 saturated heterocycles. The summed E-state index contributed by atoms with van der Waals surface area (Å²) in [6, 6.07) is 32.2. The molecule has 0 fully saturated rings. The summed E-state index contributed by atoms with van der Waals surface area (Å²) in [6.45, 7) is 5.97. The van der Waals surface area contributed by atoms with E-state index >= 15 is 0 Å². The van der Waals surface area contributed by atoms with Crippen molar-refractivity contribution in [3.05, 3.63) is 166 Å². The standard InChI is InChI=1S/C48H36N2O4S2/c1-3-5-23-49-35-11-7-9-13-37(35)55-39(49)25-33-45(51)43(46(33)52)31-21-17-27-16-20-30-32(22-18-28-15-19-29(31)41(27)42(28)30)44-47(53)34(48(44)54)26-40-50(24-6-4-2)36-12-8-10-14-38(36)56-40/h7-22,25-26H,3-6,23-24H2,1-2H3/p+1. The molecule has 1 aliphatic heterocycles. The average molecular weight is 770 g/mol. The lowest BCUT2D eigenvalue weighted by atomic mass is 9.84. The van der Waals surface area contributed by atoms with E-state index in [1.165, 1.54) is 0 Å². The van der Waals surface area contributed by atoms with Crippen LogP contribution >= 0.6 is 23.1 Å². The molecule has 0 unspecified atom stereocenters. The number of carbonyl (C=O) groups is 1. The largest absolute Gasteiger partial charge is 0.506 e. The van der Waals surface area contributed by atoms with Gasteiger partial charge in [-0.1, -0.05) is 123 Å². The van der Waals surface area contributed by atoms with Crippen molar-refractivity contribution < 1.29 is 14.5 Å². The quantitative estimate of drug-likeness (QED) is 0.124. The molecule has 7 aromatic carbocycles. The molecule has 8 heteroatoms. The van der Waals surface area contributed by atoms with Crippen molar-refractivity contribution in [1.82, 2.24) is 0 Å². The zero-order chi connectivity index (χ0) is 38.2. The molecular formula is C48H37N2O4S2+. The van der Waals surface area contributed by atoms with E-state index in [1.807, 2.05) is 78.9 Å². The highest BCUT2D eigenvalue weighted by Crippen LogP contribution is 2.47. The minimum atomic E-state index is -0.241. The number of unbranched alkanes of at least 4 members (excludes halogenated alkanes) is 2. The van der Waals surface area contributed by atoms with Crippen LogP contribution in [-0.2, 0) is 11.3 Å². The maximum atomic E-state index is 13.9. The number of carbonyl (C=O) groups excluding carboxylic acids is 1. The van der Waals surface area contributed by atoms with Gasteiger partial charge < -0.3 is 10.0 Å². The lowest BCUT2D eigenvalue weighted by molar-refractivity contribution is -0.669. The van der Waals surface area contributed by atoms with Crippen LogP contribution in [0.2, 0.25) is 0 Å². The molecular weight excluding hydrogens is 733 g/mol. The molecule has 2 heterocycles. The van der Waals surface area contributed by atoms with Crippen molar-refractivity contribution in [1.29, 1.82) is 0 Å². The van der Waals surface area contributed by atoms with Crippen LogP contribution in [0.5, 0.6) is 0 Å². The number of anilines is 1. The Morgan fingerprint density at radius 1 is 0.732 bits per heavy atom. The zero-order valence-electron chi connectivity index (χ0n) is 31.0. The van der Waals surface area contributed by atoms with E-state index in [0.717, 1.165) is 102 Å². The SMILES string of the molecule is CCCCN1C(=CC2=C(O)C(=c3ccc4ccc5c(=c6c(=O)c(=Cc7sc8ccccc8[n+]7CCCC)c6=O)ccc6ccc3c4c65)C2=O)Sc2ccccc21. The van der Waals surface area contributed by atoms with Crippen LogP contribution in [0, 0.1) is 10.4 Å². The summed E-state index contributed by atoms with van der Waals surface area (Å²) >= 11 is 3.22. The molecule has 6 nitrogen and oxygen atoms in total. The number of fused-ring (bicyclic) bond motifs is 2. The number of Topliss-reactive ketones (excluding diaryl/α,β-unsaturated/α-hetero) is 1. The molecule has 0 saturated carbocycles. The van der Waals surface area contributed by atoms with Gasteiger partial charge in [0.2, 0.25) is 22.2 Å². The highest BCUT2D eigenvalue weighted by Gasteiger charge is 2.35. The fraction of sp³-hybridized carbons (Fsp3) is 0.167. The second kappa shape index (κ2) is 13.4. The number of rotatable bonds is 8. The summed E-state index contributed by atoms with van der Waals surface area (Å²) < 4.78 is 3.34. The maximum Gasteiger partial charge on any atom is 0.263 e. The van der Waals surface area contributed by atoms with Gasteiger partial charge in [-0.15, -0.1) is 0 Å². The topological polar surface area (TPSA) is 78.6 Å². The van der Waals surface area contributed by atoms with Crippen molar-refractivity contribution in [3.63, 3.8) is 0 Å². The Labute approximate surface area is 330 Å². The lowest BCUT2D eigenvalue weighted by Crippen LogP contribution is -2.50. The Hall–Kier alpha value is -5.83. The summed E-state index contributed by atoms with van der Waals surface area (Å²) in [5.74, 6) is -0.187. The van der Waals surface area contributed by atoms with Crippen molar-refractivity contribution >= 4 is 88.8 Å². The number of thiazole rings is 1. The first-order valence-electron chi connectivity index (χ1n) is 19.3. The number of thioether (sulfide) groups is 1. The molecule has 1 aromatic heterocycles. The lowest BCUT2D eigenvalue weighted by Gasteiger charge is -2.24. The van der Waals surface area contributed by atoms with Gasteiger partial charge in [-0.05, 0) is 73.5 Å². The summed E-state index contributed by atoms with van der Waals surface area (Å²) in [5, 5.41) is 20.5. The first-order chi connectivity index (χ1) is 27.4. The molecule has 8 aromatic rings. The van der Waals surface area contributed by atoms with E-state index in [2.05, 4.69) is 47.6 Å². The first-order valence-corrected chi connectivity index (χ1v) is 20.9. The number of hydrogen-bond acceptors (Lipinski definition) is 7. The number of hydrogen-bond donors (Lipinski definition) is 1. The first kappa shape index (κ1) is 34.6. The van der Waals surface area contributed by atoms with Crippen LogP contribution in [0.4, 0.5) is 5.69 Å². The number of aryl methyl sites for hydroxylation is 1. The number of benzene rings is 6. The predicted molar refractivity (Wildman–Crippen MR) is 230 cm³/mol. The van der Waals surface area contributed by atoms with Crippen LogP contribution in [0.15, 0.2) is 134 Å². The minimum Gasteiger partial charge on any atom is -0.506 e. The third-order valence-corrected chi connectivity index (χ3v) is 13.6. The zero-order valence-corrected chi connectivity index (χ0v) is 32.7. The number of para-hydroxylation sites is 2. The third-order valence-electron chi connectivity index (χ3n) is 11.4. The van der Waals surface area contributed by atoms with Gasteiger partial charge in [0.15, 0.2) is 6.54 Å². The van der Waals surface area contributed by atoms with E-state index in [9.17, 15) is 19.5 Å². The summed E-state index contributed by atoms with van der Waals surface area (Å²) in [4.78, 5) is 45.2. The van der Waals surface area contributed by atoms with E-state index in [1.54, 1.807) is 29.2 Å². The minimum absolute atomic E-state index is 0.000376. The van der Waals surface area contributed by atoms with Crippen LogP contribution in [0.1, 0.15) is 44.5 Å². The monoisotopic (exact) mass is 769 g/mol. The highest BCUT2D eigenvalue weighted by atomic mass is 32.2. The smallest absolute Gasteiger partial charge is 0.263 e. The number of allylic oxidation sites excluding steroid dienone is 3. The van der Waals surface area contributed by atoms with Gasteiger partial charge in [0.25, 0.3) is 5.01 Å². The molecule has 274 valence electrons. The Morgan fingerprint density at radius 3 is 2.12 bits per heavy atom. The van der Waals surface area contributed by atoms with Crippen molar-refractivity contribution in [3.8, 4) is 0 Å². The molecule has 0 radical (unpaired) electrons. The molecule has 10 rings (SSSR count). The van der Waals surface area contributed by atoms with E-state index < -0.39 is 0 Å². The summed E-state index contributed by atoms with van der Waals surface area (Å²) in [5.41, 5.74) is 2.38. The van der Waals surface area contributed by atoms with Crippen molar-refractivity contribution in [2.45, 2.75) is 51.0 Å². The fourth-order valence-electron chi connectivity index (χ4n) is 8.49. The Balaban J connectivity index is 1.13. The van der Waals surface area contributed by atoms with Crippen molar-refractivity contribution in [2.75, 3.05) is 11.4 Å². The molecule has 0 amide bonds. The van der Waals surface area contributed by atoms with E-state index in [-0.39, 0.29) is 32.8 Å². The third kappa shape index (κ3) is 5.16. The average Bonchev–Trinajstić information content (AvgIpc) is 3.77. The number of aliphatic hydroxyl groups excluding tert-OH is 1. The van der Waals surface area contributed by atoms with Gasteiger partial charge in [-0.25, -0.2) is 0 Å². The number of nitrogens with zero attached hydrogens (tertiary/aromatic N) is 2. The second-order valence-electron chi connectivity index (χ2n) is 14.7. The molecule has 56 heavy (non-hydrogen) atoms. The number of aromatic nitrogens is 1. The van der Waals surface area contributed by atoms with E-state index in [4.69, 9.17) is 0 Å².